The Morgan fingerprint density at radius 3 is 2.01 bits per heavy atom. The molecule has 0 saturated heterocycles. The first-order valence-corrected chi connectivity index (χ1v) is 33.3. The van der Waals surface area contributed by atoms with Crippen LogP contribution in [-0.4, -0.2) is 148 Å². The molecule has 490 valence electrons. The Bertz CT molecular complexity index is 3940. The van der Waals surface area contributed by atoms with Gasteiger partial charge >= 0.3 is 14.1 Å². The van der Waals surface area contributed by atoms with E-state index in [0.29, 0.717) is 110 Å². The fourth-order valence-electron chi connectivity index (χ4n) is 12.5. The van der Waals surface area contributed by atoms with Gasteiger partial charge in [0.25, 0.3) is 16.0 Å². The zero-order chi connectivity index (χ0) is 66.6. The summed E-state index contributed by atoms with van der Waals surface area (Å²) in [6.45, 7) is -3.59. The summed E-state index contributed by atoms with van der Waals surface area (Å²) in [5.74, 6) is -1.33. The Balaban J connectivity index is 0.766. The van der Waals surface area contributed by atoms with Crippen LogP contribution in [0.1, 0.15) is 137 Å². The minimum atomic E-state index is -4.76. The first-order chi connectivity index (χ1) is 44.5. The third-order valence-corrected chi connectivity index (χ3v) is 18.0. The lowest BCUT2D eigenvalue weighted by Crippen LogP contribution is -2.51. The fourth-order valence-corrected chi connectivity index (χ4v) is 13.1. The molecular formula is C70H82B2F2N5O13S+. The van der Waals surface area contributed by atoms with E-state index in [1.165, 1.54) is 21.3 Å². The topological polar surface area (TPSA) is 229 Å². The van der Waals surface area contributed by atoms with Crippen molar-refractivity contribution in [1.29, 1.82) is 0 Å². The van der Waals surface area contributed by atoms with Gasteiger partial charge in [-0.3, -0.25) is 28.5 Å². The van der Waals surface area contributed by atoms with E-state index >= 15 is 8.63 Å². The molecule has 5 aromatic carbocycles. The first kappa shape index (κ1) is 69.0. The number of nitrogens with zero attached hydrogens (tertiary/aromatic N) is 3. The number of allylic oxidation sites excluding steroid dienone is 2. The number of quaternary nitrogens is 1. The van der Waals surface area contributed by atoms with E-state index < -0.39 is 47.7 Å². The normalized spacial score (nSPS) is 14.4. The molecule has 3 aliphatic rings. The predicted molar refractivity (Wildman–Crippen MR) is 355 cm³/mol. The predicted octanol–water partition coefficient (Wildman–Crippen LogP) is 9.30. The Morgan fingerprint density at radius 1 is 0.720 bits per heavy atom. The fraction of sp³-hybridized carbons (Fsp3) is 0.371. The number of Topliss-reactive ketones (excluding diaryl/α,β-unsaturated/α-hetero) is 2. The molecule has 2 amide bonds. The third kappa shape index (κ3) is 17.3. The standard InChI is InChI=1S/C70H81B2F2N5O13S/c1-79(2,3)40-16-21-52-42-61(48-29-34-56(89-4)35-30-48)77-63(52)44-64-53(43-62(78(64)72(77,73)74)49-31-36-57(90-5)37-32-49)33-38-66(82)76-60(46-93(86,87)88)65(81)24-12-8-11-22-55(80)23-15-39-75-70(84)58-41-54(69(91-6)67-59(58)45-92-71(67)85)20-14-13-17-47-25-27-51(28-26-47)68(83)50-18-9-7-10-19-50/h7,9-10,18-19,25-32,34-37,41-44,60,85H,8,11-17,20-24,33,38-40,45-46H2,1-6H3,(H2-,75,76,82,84,86,87,88)/p+1. The zero-order valence-corrected chi connectivity index (χ0v) is 54.5. The number of aryl methyl sites for hydroxylation is 3. The van der Waals surface area contributed by atoms with Gasteiger partial charge in [-0.2, -0.15) is 8.42 Å². The number of halogens is 2. The Kier molecular flexibility index (Phi) is 22.7. The van der Waals surface area contributed by atoms with Crippen molar-refractivity contribution >= 4 is 70.6 Å². The second-order valence-electron chi connectivity index (χ2n) is 25.0. The molecule has 1 aromatic heterocycles. The maximum absolute atomic E-state index is 17.9. The number of ether oxygens (including phenoxy) is 3. The summed E-state index contributed by atoms with van der Waals surface area (Å²) in [6.07, 6.45) is 8.78. The van der Waals surface area contributed by atoms with E-state index in [1.807, 2.05) is 48.5 Å². The number of methoxy groups -OCH3 is 3. The van der Waals surface area contributed by atoms with Crippen LogP contribution in [0, 0.1) is 0 Å². The monoisotopic (exact) mass is 1290 g/mol. The van der Waals surface area contributed by atoms with Gasteiger partial charge in [-0.05, 0) is 146 Å². The molecule has 0 saturated carbocycles. The number of hydrogen-bond acceptors (Lipinski definition) is 12. The number of benzene rings is 5. The molecule has 23 heteroatoms. The van der Waals surface area contributed by atoms with Gasteiger partial charge in [0, 0.05) is 95.5 Å². The summed E-state index contributed by atoms with van der Waals surface area (Å²) in [5.41, 5.74) is 7.65. The lowest BCUT2D eigenvalue weighted by Gasteiger charge is -2.32. The van der Waals surface area contributed by atoms with Gasteiger partial charge in [0.05, 0.1) is 55.6 Å². The van der Waals surface area contributed by atoms with Gasteiger partial charge < -0.3 is 56.6 Å². The highest BCUT2D eigenvalue weighted by atomic mass is 32.2. The van der Waals surface area contributed by atoms with Crippen LogP contribution < -0.4 is 30.3 Å². The number of fused-ring (bicyclic) bond motifs is 3. The number of carbonyl (C=O) groups excluding carboxylic acids is 5. The van der Waals surface area contributed by atoms with E-state index in [2.05, 4.69) is 31.8 Å². The van der Waals surface area contributed by atoms with Crippen molar-refractivity contribution in [2.24, 2.45) is 0 Å². The van der Waals surface area contributed by atoms with E-state index in [1.54, 1.807) is 78.9 Å². The number of carbonyl (C=O) groups is 5. The van der Waals surface area contributed by atoms with Crippen LogP contribution in [0.15, 0.2) is 133 Å². The molecule has 3 aliphatic heterocycles. The second-order valence-corrected chi connectivity index (χ2v) is 26.5. The van der Waals surface area contributed by atoms with Crippen LogP contribution in [0.3, 0.4) is 0 Å². The van der Waals surface area contributed by atoms with Gasteiger partial charge in [-0.25, -0.2) is 0 Å². The Morgan fingerprint density at radius 2 is 1.35 bits per heavy atom. The van der Waals surface area contributed by atoms with Crippen molar-refractivity contribution in [3.63, 3.8) is 0 Å². The molecule has 0 fully saturated rings. The molecule has 0 bridgehead atoms. The number of ketones is 3. The first-order valence-electron chi connectivity index (χ1n) is 31.7. The summed E-state index contributed by atoms with van der Waals surface area (Å²) in [6, 6.07) is 32.4. The highest BCUT2D eigenvalue weighted by Gasteiger charge is 2.55. The van der Waals surface area contributed by atoms with Gasteiger partial charge in [0.2, 0.25) is 5.91 Å². The zero-order valence-electron chi connectivity index (χ0n) is 53.7. The molecule has 1 atom stereocenters. The van der Waals surface area contributed by atoms with Gasteiger partial charge in [-0.1, -0.05) is 61.0 Å². The van der Waals surface area contributed by atoms with E-state index in [-0.39, 0.29) is 80.6 Å². The Hall–Kier alpha value is -8.34. The van der Waals surface area contributed by atoms with Gasteiger partial charge in [0.15, 0.2) is 23.0 Å². The lowest BCUT2D eigenvalue weighted by atomic mass is 9.75. The van der Waals surface area contributed by atoms with Crippen molar-refractivity contribution in [2.45, 2.75) is 109 Å². The molecule has 6 aromatic rings. The van der Waals surface area contributed by atoms with Crippen LogP contribution in [0.4, 0.5) is 8.63 Å². The van der Waals surface area contributed by atoms with Crippen LogP contribution in [0.5, 0.6) is 17.2 Å². The third-order valence-electron chi connectivity index (χ3n) is 17.3. The lowest BCUT2D eigenvalue weighted by molar-refractivity contribution is -0.870. The van der Waals surface area contributed by atoms with Crippen LogP contribution in [0.25, 0.3) is 17.3 Å². The quantitative estimate of drug-likeness (QED) is 0.00972. The van der Waals surface area contributed by atoms with Crippen molar-refractivity contribution in [1.82, 2.24) is 15.1 Å². The molecule has 9 rings (SSSR count). The largest absolute Gasteiger partial charge is 0.737 e. The van der Waals surface area contributed by atoms with Crippen molar-refractivity contribution in [3.8, 4) is 28.5 Å². The number of hydrogen-bond donors (Lipinski definition) is 4. The highest BCUT2D eigenvalue weighted by molar-refractivity contribution is 7.85. The minimum absolute atomic E-state index is 0.0140. The molecular weight excluding hydrogens is 1210 g/mol. The Labute approximate surface area is 543 Å². The molecule has 18 nitrogen and oxygen atoms in total. The van der Waals surface area contributed by atoms with Crippen molar-refractivity contribution in [3.05, 3.63) is 183 Å². The van der Waals surface area contributed by atoms with Crippen molar-refractivity contribution in [2.75, 3.05) is 61.3 Å². The van der Waals surface area contributed by atoms with Crippen LogP contribution in [0.2, 0.25) is 0 Å². The minimum Gasteiger partial charge on any atom is -0.497 e. The number of aromatic nitrogens is 1. The highest BCUT2D eigenvalue weighted by Crippen LogP contribution is 2.43. The summed E-state index contributed by atoms with van der Waals surface area (Å²) in [5, 5.41) is 16.2. The summed E-state index contributed by atoms with van der Waals surface area (Å²) >= 11 is 0. The molecule has 4 N–H and O–H groups in total. The molecule has 93 heavy (non-hydrogen) atoms. The summed E-state index contributed by atoms with van der Waals surface area (Å²) in [4.78, 5) is 67.0. The number of rotatable bonds is 34. The number of unbranched alkanes of at least 4 members (excludes halogenated alkanes) is 3. The van der Waals surface area contributed by atoms with Crippen LogP contribution in [-0.2, 0) is 55.0 Å². The number of nitrogens with one attached hydrogen (secondary N) is 2. The summed E-state index contributed by atoms with van der Waals surface area (Å²) in [7, 11) is 4.75. The smallest absolute Gasteiger partial charge is 0.497 e. The van der Waals surface area contributed by atoms with Crippen LogP contribution >= 0.6 is 0 Å². The molecule has 0 spiro atoms. The summed E-state index contributed by atoms with van der Waals surface area (Å²) < 4.78 is 95.1. The van der Waals surface area contributed by atoms with Gasteiger partial charge in [-0.15, -0.1) is 0 Å². The SMILES string of the molecule is COc1ccc(C2=[N+]3C(=Cc4c(CCC[N+](C)(C)C)cc(-c5ccc(OC)cc5)n4[B-]3(F)F)C(CCC(=O)NC(CS(=O)(=O)O)C(=O)CCCCCC(=O)CCCNC(=O)c3cc(CCCCc4ccc(C(=O)c5ccccc5)cc4)c(OC)c4c3COB4O)=C2)cc1. The molecule has 0 radical (unpaired) electrons. The second kappa shape index (κ2) is 30.6. The molecule has 0 aliphatic carbocycles. The van der Waals surface area contributed by atoms with E-state index in [0.717, 1.165) is 57.9 Å². The van der Waals surface area contributed by atoms with Crippen molar-refractivity contribution < 1.29 is 78.4 Å². The van der Waals surface area contributed by atoms with Gasteiger partial charge in [0.1, 0.15) is 34.8 Å². The number of amides is 2. The molecule has 4 heterocycles. The average Bonchev–Trinajstić information content (AvgIpc) is 1.58. The molecule has 1 unspecified atom stereocenters. The maximum Gasteiger partial charge on any atom is 0.737 e. The average molecular weight is 1290 g/mol. The maximum atomic E-state index is 17.9. The van der Waals surface area contributed by atoms with E-state index in [4.69, 9.17) is 18.9 Å². The van der Waals surface area contributed by atoms with E-state index in [9.17, 15) is 42.0 Å².